The largest absolute Gasteiger partial charge is 0.388 e. The van der Waals surface area contributed by atoms with Crippen LogP contribution in [0.2, 0.25) is 0 Å². The van der Waals surface area contributed by atoms with E-state index in [0.29, 0.717) is 0 Å². The van der Waals surface area contributed by atoms with Crippen molar-refractivity contribution in [1.29, 1.82) is 0 Å². The van der Waals surface area contributed by atoms with Gasteiger partial charge < -0.3 is 20.6 Å². The predicted molar refractivity (Wildman–Crippen MR) is 97.6 cm³/mol. The van der Waals surface area contributed by atoms with Crippen LogP contribution < -0.4 is 15.5 Å². The lowest BCUT2D eigenvalue weighted by atomic mass is 9.78. The highest BCUT2D eigenvalue weighted by molar-refractivity contribution is 5.90. The summed E-state index contributed by atoms with van der Waals surface area (Å²) >= 11 is 0. The van der Waals surface area contributed by atoms with Crippen molar-refractivity contribution in [3.05, 3.63) is 23.8 Å². The first kappa shape index (κ1) is 17.1. The fourth-order valence-electron chi connectivity index (χ4n) is 3.92. The van der Waals surface area contributed by atoms with Crippen LogP contribution in [-0.2, 0) is 6.42 Å². The van der Waals surface area contributed by atoms with Crippen molar-refractivity contribution in [3.63, 3.8) is 0 Å². The third kappa shape index (κ3) is 3.83. The Labute approximate surface area is 144 Å². The number of nitrogens with zero attached hydrogens (tertiary/aromatic N) is 1. The molecule has 1 heterocycles. The topological polar surface area (TPSA) is 64.6 Å². The molecule has 0 spiro atoms. The van der Waals surface area contributed by atoms with E-state index in [9.17, 15) is 9.90 Å². The fraction of sp³-hybridized carbons (Fsp3) is 0.632. The molecule has 2 aliphatic rings. The Bertz CT molecular complexity index is 594. The van der Waals surface area contributed by atoms with Crippen LogP contribution in [0.3, 0.4) is 0 Å². The summed E-state index contributed by atoms with van der Waals surface area (Å²) in [4.78, 5) is 14.4. The van der Waals surface area contributed by atoms with E-state index in [0.717, 1.165) is 31.5 Å². The van der Waals surface area contributed by atoms with Crippen molar-refractivity contribution in [2.45, 2.75) is 51.0 Å². The number of rotatable bonds is 4. The van der Waals surface area contributed by atoms with Crippen LogP contribution in [0.25, 0.3) is 0 Å². The number of amides is 2. The number of benzene rings is 1. The van der Waals surface area contributed by atoms with Crippen LogP contribution in [0.1, 0.15) is 44.6 Å². The zero-order valence-corrected chi connectivity index (χ0v) is 14.8. The fourth-order valence-corrected chi connectivity index (χ4v) is 3.92. The summed E-state index contributed by atoms with van der Waals surface area (Å²) < 4.78 is 0. The molecule has 1 aliphatic carbocycles. The van der Waals surface area contributed by atoms with Crippen LogP contribution in [0, 0.1) is 5.92 Å². The lowest BCUT2D eigenvalue weighted by Crippen LogP contribution is -2.47. The summed E-state index contributed by atoms with van der Waals surface area (Å²) in [5.41, 5.74) is 2.46. The van der Waals surface area contributed by atoms with E-state index in [1.54, 1.807) is 0 Å². The molecule has 24 heavy (non-hydrogen) atoms. The Morgan fingerprint density at radius 3 is 2.83 bits per heavy atom. The molecule has 1 unspecified atom stereocenters. The summed E-state index contributed by atoms with van der Waals surface area (Å²) in [5, 5.41) is 16.4. The van der Waals surface area contributed by atoms with Gasteiger partial charge in [0.15, 0.2) is 0 Å². The zero-order valence-electron chi connectivity index (χ0n) is 14.8. The maximum Gasteiger partial charge on any atom is 0.319 e. The van der Waals surface area contributed by atoms with E-state index in [-0.39, 0.29) is 18.5 Å². The monoisotopic (exact) mass is 331 g/mol. The molecule has 5 heteroatoms. The van der Waals surface area contributed by atoms with Gasteiger partial charge in [-0.3, -0.25) is 0 Å². The first-order chi connectivity index (χ1) is 11.5. The number of nitrogens with one attached hydrogen (secondary N) is 2. The molecule has 132 valence electrons. The van der Waals surface area contributed by atoms with Crippen molar-refractivity contribution in [3.8, 4) is 0 Å². The third-order valence-corrected chi connectivity index (χ3v) is 5.56. The predicted octanol–water partition coefficient (Wildman–Crippen LogP) is 3.13. The molecule has 3 rings (SSSR count). The van der Waals surface area contributed by atoms with E-state index in [4.69, 9.17) is 0 Å². The SMILES string of the molecule is CN1CCc2ccc(NC(=O)NCC(C)(O)C3CCCCC3)cc21. The Morgan fingerprint density at radius 1 is 1.33 bits per heavy atom. The molecule has 3 N–H and O–H groups in total. The minimum atomic E-state index is -0.837. The minimum Gasteiger partial charge on any atom is -0.388 e. The molecule has 0 bridgehead atoms. The summed E-state index contributed by atoms with van der Waals surface area (Å²) in [6, 6.07) is 5.77. The van der Waals surface area contributed by atoms with Crippen molar-refractivity contribution in [2.75, 3.05) is 30.4 Å². The van der Waals surface area contributed by atoms with Crippen LogP contribution in [0.5, 0.6) is 0 Å². The van der Waals surface area contributed by atoms with Gasteiger partial charge in [0.2, 0.25) is 0 Å². The van der Waals surface area contributed by atoms with Crippen LogP contribution in [0.15, 0.2) is 18.2 Å². The number of hydrogen-bond donors (Lipinski definition) is 3. The molecule has 0 saturated heterocycles. The van der Waals surface area contributed by atoms with Gasteiger partial charge in [-0.05, 0) is 49.8 Å². The van der Waals surface area contributed by atoms with Crippen molar-refractivity contribution in [1.82, 2.24) is 5.32 Å². The number of carbonyl (C=O) groups excluding carboxylic acids is 1. The smallest absolute Gasteiger partial charge is 0.319 e. The first-order valence-corrected chi connectivity index (χ1v) is 9.07. The lowest BCUT2D eigenvalue weighted by molar-refractivity contribution is -0.0127. The quantitative estimate of drug-likeness (QED) is 0.794. The van der Waals surface area contributed by atoms with E-state index >= 15 is 0 Å². The summed E-state index contributed by atoms with van der Waals surface area (Å²) in [6.07, 6.45) is 6.77. The Hall–Kier alpha value is -1.75. The van der Waals surface area contributed by atoms with Gasteiger partial charge in [-0.25, -0.2) is 4.79 Å². The van der Waals surface area contributed by atoms with Gasteiger partial charge in [0.25, 0.3) is 0 Å². The Morgan fingerprint density at radius 2 is 2.08 bits per heavy atom. The molecule has 1 aliphatic heterocycles. The van der Waals surface area contributed by atoms with Gasteiger partial charge >= 0.3 is 6.03 Å². The van der Waals surface area contributed by atoms with Gasteiger partial charge in [-0.1, -0.05) is 25.3 Å². The second kappa shape index (κ2) is 7.01. The summed E-state index contributed by atoms with van der Waals surface area (Å²) in [7, 11) is 2.07. The number of aliphatic hydroxyl groups is 1. The van der Waals surface area contributed by atoms with Crippen molar-refractivity contribution >= 4 is 17.4 Å². The molecular weight excluding hydrogens is 302 g/mol. The maximum absolute atomic E-state index is 12.2. The van der Waals surface area contributed by atoms with Gasteiger partial charge in [0.05, 0.1) is 5.60 Å². The maximum atomic E-state index is 12.2. The average molecular weight is 331 g/mol. The lowest BCUT2D eigenvalue weighted by Gasteiger charge is -2.35. The van der Waals surface area contributed by atoms with Crippen LogP contribution in [0.4, 0.5) is 16.2 Å². The van der Waals surface area contributed by atoms with E-state index in [2.05, 4.69) is 28.6 Å². The van der Waals surface area contributed by atoms with Crippen LogP contribution >= 0.6 is 0 Å². The number of likely N-dealkylation sites (N-methyl/N-ethyl adjacent to an activating group) is 1. The number of carbonyl (C=O) groups is 1. The Kier molecular flexibility index (Phi) is 4.99. The molecule has 1 aromatic rings. The first-order valence-electron chi connectivity index (χ1n) is 9.07. The highest BCUT2D eigenvalue weighted by Gasteiger charge is 2.33. The molecule has 1 atom stereocenters. The second-order valence-electron chi connectivity index (χ2n) is 7.51. The van der Waals surface area contributed by atoms with Gasteiger partial charge in [0.1, 0.15) is 0 Å². The molecule has 0 radical (unpaired) electrons. The number of anilines is 2. The normalized spacial score (nSPS) is 20.4. The molecule has 5 nitrogen and oxygen atoms in total. The van der Waals surface area contributed by atoms with Crippen LogP contribution in [-0.4, -0.2) is 36.9 Å². The van der Waals surface area contributed by atoms with E-state index in [1.165, 1.54) is 30.5 Å². The Balaban J connectivity index is 1.53. The zero-order chi connectivity index (χ0) is 17.2. The molecule has 1 fully saturated rings. The van der Waals surface area contributed by atoms with E-state index < -0.39 is 5.60 Å². The minimum absolute atomic E-state index is 0.258. The number of hydrogen-bond acceptors (Lipinski definition) is 3. The standard InChI is InChI=1S/C19H29N3O2/c1-19(24,15-6-4-3-5-7-15)13-20-18(23)21-16-9-8-14-10-11-22(2)17(14)12-16/h8-9,12,15,24H,3-7,10-11,13H2,1-2H3,(H2,20,21,23). The number of urea groups is 1. The van der Waals surface area contributed by atoms with Gasteiger partial charge in [-0.2, -0.15) is 0 Å². The molecule has 1 saturated carbocycles. The molecule has 1 aromatic carbocycles. The second-order valence-corrected chi connectivity index (χ2v) is 7.51. The van der Waals surface area contributed by atoms with Crippen molar-refractivity contribution < 1.29 is 9.90 Å². The summed E-state index contributed by atoms with van der Waals surface area (Å²) in [6.45, 7) is 3.15. The van der Waals surface area contributed by atoms with Gasteiger partial charge in [-0.15, -0.1) is 0 Å². The highest BCUT2D eigenvalue weighted by atomic mass is 16.3. The summed E-state index contributed by atoms with van der Waals surface area (Å²) in [5.74, 6) is 0.278. The van der Waals surface area contributed by atoms with E-state index in [1.807, 2.05) is 19.1 Å². The number of fused-ring (bicyclic) bond motifs is 1. The highest BCUT2D eigenvalue weighted by Crippen LogP contribution is 2.32. The van der Waals surface area contributed by atoms with Crippen molar-refractivity contribution in [2.24, 2.45) is 5.92 Å². The molecule has 2 amide bonds. The third-order valence-electron chi connectivity index (χ3n) is 5.56. The molecular formula is C19H29N3O2. The molecule has 0 aromatic heterocycles. The average Bonchev–Trinajstić information content (AvgIpc) is 2.95. The van der Waals surface area contributed by atoms with Gasteiger partial charge in [0, 0.05) is 31.5 Å².